The molecule has 0 spiro atoms. The van der Waals surface area contributed by atoms with E-state index in [4.69, 9.17) is 6.42 Å². The zero-order valence-corrected chi connectivity index (χ0v) is 9.40. The minimum atomic E-state index is -0.596. The first-order valence-electron chi connectivity index (χ1n) is 5.18. The fraction of sp³-hybridized carbons (Fsp3) is 0.364. The summed E-state index contributed by atoms with van der Waals surface area (Å²) in [6.45, 7) is 1.95. The van der Waals surface area contributed by atoms with E-state index in [1.54, 1.807) is 0 Å². The number of H-pyrrole nitrogens is 1. The van der Waals surface area contributed by atoms with Gasteiger partial charge in [0.1, 0.15) is 0 Å². The average molecular weight is 235 g/mol. The normalized spacial score (nSPS) is 11.5. The van der Waals surface area contributed by atoms with Crippen LogP contribution in [0.5, 0.6) is 0 Å². The predicted molar refractivity (Wildman–Crippen MR) is 62.4 cm³/mol. The van der Waals surface area contributed by atoms with Gasteiger partial charge in [-0.2, -0.15) is 0 Å². The molecular formula is C11H13N3O3. The molecule has 0 bridgehead atoms. The van der Waals surface area contributed by atoms with Gasteiger partial charge in [-0.25, -0.2) is 4.98 Å². The quantitative estimate of drug-likeness (QED) is 0.460. The second-order valence-electron chi connectivity index (χ2n) is 3.50. The van der Waals surface area contributed by atoms with Gasteiger partial charge in [0.15, 0.2) is 5.69 Å². The van der Waals surface area contributed by atoms with E-state index in [-0.39, 0.29) is 17.6 Å². The third-order valence-corrected chi connectivity index (χ3v) is 2.20. The molecule has 17 heavy (non-hydrogen) atoms. The first-order chi connectivity index (χ1) is 8.08. The number of aromatic nitrogens is 1. The Kier molecular flexibility index (Phi) is 4.29. The molecule has 0 aliphatic carbocycles. The average Bonchev–Trinajstić information content (AvgIpc) is 2.77. The van der Waals surface area contributed by atoms with Crippen LogP contribution in [0, 0.1) is 22.5 Å². The standard InChI is InChI=1S/C11H13N3O3/c1-3-5-8(4-2)12-11(15)9-6-7-10(13-9)14(16)17/h2,6-8,13H,3,5H2,1H3,(H,12,15). The van der Waals surface area contributed by atoms with Crippen molar-refractivity contribution < 1.29 is 9.72 Å². The summed E-state index contributed by atoms with van der Waals surface area (Å²) in [7, 11) is 0. The van der Waals surface area contributed by atoms with Crippen LogP contribution in [0.2, 0.25) is 0 Å². The van der Waals surface area contributed by atoms with Crippen LogP contribution in [0.1, 0.15) is 30.3 Å². The number of aromatic amines is 1. The molecule has 2 N–H and O–H groups in total. The minimum absolute atomic E-state index is 0.132. The van der Waals surface area contributed by atoms with Crippen LogP contribution in [0.25, 0.3) is 0 Å². The van der Waals surface area contributed by atoms with Gasteiger partial charge in [-0.1, -0.05) is 19.3 Å². The van der Waals surface area contributed by atoms with E-state index in [2.05, 4.69) is 16.2 Å². The Morgan fingerprint density at radius 3 is 2.88 bits per heavy atom. The van der Waals surface area contributed by atoms with E-state index in [1.165, 1.54) is 12.1 Å². The van der Waals surface area contributed by atoms with E-state index >= 15 is 0 Å². The zero-order chi connectivity index (χ0) is 12.8. The molecule has 0 aliphatic heterocycles. The number of nitrogens with one attached hydrogen (secondary N) is 2. The van der Waals surface area contributed by atoms with Crippen molar-refractivity contribution in [2.75, 3.05) is 0 Å². The van der Waals surface area contributed by atoms with Gasteiger partial charge in [0.25, 0.3) is 5.91 Å². The monoisotopic (exact) mass is 235 g/mol. The topological polar surface area (TPSA) is 88.0 Å². The molecule has 0 saturated heterocycles. The molecule has 0 saturated carbocycles. The summed E-state index contributed by atoms with van der Waals surface area (Å²) in [6, 6.07) is 2.24. The van der Waals surface area contributed by atoms with Crippen molar-refractivity contribution >= 4 is 11.7 Å². The number of hydrogen-bond donors (Lipinski definition) is 2. The first kappa shape index (κ1) is 12.8. The van der Waals surface area contributed by atoms with Crippen molar-refractivity contribution in [3.63, 3.8) is 0 Å². The van der Waals surface area contributed by atoms with E-state index < -0.39 is 10.8 Å². The summed E-state index contributed by atoms with van der Waals surface area (Å²) in [5.41, 5.74) is 0.132. The second kappa shape index (κ2) is 5.70. The number of nitro groups is 1. The highest BCUT2D eigenvalue weighted by Gasteiger charge is 2.17. The molecule has 1 unspecified atom stereocenters. The van der Waals surface area contributed by atoms with Crippen LogP contribution in [0.15, 0.2) is 12.1 Å². The van der Waals surface area contributed by atoms with Crippen LogP contribution in [-0.2, 0) is 0 Å². The minimum Gasteiger partial charge on any atom is -0.358 e. The lowest BCUT2D eigenvalue weighted by Gasteiger charge is -2.09. The molecule has 0 aromatic carbocycles. The van der Waals surface area contributed by atoms with E-state index in [9.17, 15) is 14.9 Å². The van der Waals surface area contributed by atoms with Gasteiger partial charge in [0.2, 0.25) is 0 Å². The van der Waals surface area contributed by atoms with Gasteiger partial charge in [0.05, 0.1) is 6.04 Å². The summed E-state index contributed by atoms with van der Waals surface area (Å²) in [5.74, 6) is 1.80. The third kappa shape index (κ3) is 3.34. The van der Waals surface area contributed by atoms with Gasteiger partial charge in [0, 0.05) is 6.07 Å². The van der Waals surface area contributed by atoms with Crippen LogP contribution in [0.4, 0.5) is 5.82 Å². The molecule has 1 rings (SSSR count). The molecule has 1 aromatic heterocycles. The number of terminal acetylenes is 1. The fourth-order valence-corrected chi connectivity index (χ4v) is 1.34. The Hall–Kier alpha value is -2.29. The van der Waals surface area contributed by atoms with E-state index in [1.807, 2.05) is 6.92 Å². The highest BCUT2D eigenvalue weighted by molar-refractivity contribution is 5.93. The summed E-state index contributed by atoms with van der Waals surface area (Å²) < 4.78 is 0. The summed E-state index contributed by atoms with van der Waals surface area (Å²) in [6.07, 6.45) is 6.77. The van der Waals surface area contributed by atoms with Crippen LogP contribution >= 0.6 is 0 Å². The van der Waals surface area contributed by atoms with Crippen LogP contribution in [-0.4, -0.2) is 21.9 Å². The number of nitrogens with zero attached hydrogens (tertiary/aromatic N) is 1. The fourth-order valence-electron chi connectivity index (χ4n) is 1.34. The maximum absolute atomic E-state index is 11.7. The third-order valence-electron chi connectivity index (χ3n) is 2.20. The van der Waals surface area contributed by atoms with E-state index in [0.717, 1.165) is 6.42 Å². The Morgan fingerprint density at radius 2 is 2.41 bits per heavy atom. The van der Waals surface area contributed by atoms with Crippen molar-refractivity contribution in [3.05, 3.63) is 27.9 Å². The lowest BCUT2D eigenvalue weighted by atomic mass is 10.2. The second-order valence-corrected chi connectivity index (χ2v) is 3.50. The van der Waals surface area contributed by atoms with Crippen molar-refractivity contribution in [1.82, 2.24) is 10.3 Å². The van der Waals surface area contributed by atoms with Crippen LogP contribution in [0.3, 0.4) is 0 Å². The van der Waals surface area contributed by atoms with Crippen molar-refractivity contribution in [1.29, 1.82) is 0 Å². The van der Waals surface area contributed by atoms with Gasteiger partial charge in [-0.3, -0.25) is 4.79 Å². The number of hydrogen-bond acceptors (Lipinski definition) is 3. The Labute approximate surface area is 98.6 Å². The van der Waals surface area contributed by atoms with Gasteiger partial charge >= 0.3 is 5.82 Å². The van der Waals surface area contributed by atoms with Crippen molar-refractivity contribution in [2.24, 2.45) is 0 Å². The highest BCUT2D eigenvalue weighted by Crippen LogP contribution is 2.10. The molecule has 1 atom stereocenters. The SMILES string of the molecule is C#CC(CCC)NC(=O)c1ccc([N+](=O)[O-])[nH]1. The summed E-state index contributed by atoms with van der Waals surface area (Å²) in [4.78, 5) is 23.9. The highest BCUT2D eigenvalue weighted by atomic mass is 16.6. The van der Waals surface area contributed by atoms with Gasteiger partial charge < -0.3 is 15.4 Å². The smallest absolute Gasteiger partial charge is 0.321 e. The van der Waals surface area contributed by atoms with Crippen molar-refractivity contribution in [3.8, 4) is 12.3 Å². The zero-order valence-electron chi connectivity index (χ0n) is 9.40. The summed E-state index contributed by atoms with van der Waals surface area (Å²) in [5, 5.41) is 13.0. The Balaban J connectivity index is 2.69. The Bertz CT molecular complexity index is 459. The Morgan fingerprint density at radius 1 is 1.71 bits per heavy atom. The molecule has 0 radical (unpaired) electrons. The molecule has 1 heterocycles. The maximum Gasteiger partial charge on any atom is 0.321 e. The van der Waals surface area contributed by atoms with Crippen LogP contribution < -0.4 is 5.32 Å². The van der Waals surface area contributed by atoms with Gasteiger partial charge in [-0.15, -0.1) is 6.42 Å². The lowest BCUT2D eigenvalue weighted by Crippen LogP contribution is -2.33. The predicted octanol–water partition coefficient (Wildman–Crippen LogP) is 1.45. The molecule has 6 heteroatoms. The molecule has 90 valence electrons. The number of carbonyl (C=O) groups is 1. The summed E-state index contributed by atoms with van der Waals surface area (Å²) >= 11 is 0. The van der Waals surface area contributed by atoms with Gasteiger partial charge in [-0.05, 0) is 17.4 Å². The molecule has 0 fully saturated rings. The maximum atomic E-state index is 11.7. The lowest BCUT2D eigenvalue weighted by molar-refractivity contribution is -0.389. The molecule has 1 amide bonds. The number of rotatable bonds is 5. The molecule has 0 aliphatic rings. The van der Waals surface area contributed by atoms with Crippen molar-refractivity contribution in [2.45, 2.75) is 25.8 Å². The molecule has 1 aromatic rings. The molecular weight excluding hydrogens is 222 g/mol. The largest absolute Gasteiger partial charge is 0.358 e. The number of amides is 1. The molecule has 6 nitrogen and oxygen atoms in total. The van der Waals surface area contributed by atoms with E-state index in [0.29, 0.717) is 6.42 Å². The number of carbonyl (C=O) groups excluding carboxylic acids is 1. The first-order valence-corrected chi connectivity index (χ1v) is 5.18.